The summed E-state index contributed by atoms with van der Waals surface area (Å²) in [7, 11) is 0. The van der Waals surface area contributed by atoms with Crippen LogP contribution in [0.15, 0.2) is 30.5 Å². The predicted molar refractivity (Wildman–Crippen MR) is 84.9 cm³/mol. The Kier molecular flexibility index (Phi) is 4.15. The van der Waals surface area contributed by atoms with E-state index < -0.39 is 0 Å². The van der Waals surface area contributed by atoms with Gasteiger partial charge in [0.15, 0.2) is 5.82 Å². The SMILES string of the molecule is CC1CCN(c2cnnc(Nc3ccccc3C#N)n2)CC1. The molecule has 1 aromatic heterocycles. The fourth-order valence-corrected chi connectivity index (χ4v) is 2.55. The molecule has 1 aliphatic heterocycles. The molecular formula is C16H18N6. The number of hydrogen-bond acceptors (Lipinski definition) is 6. The number of aromatic nitrogens is 3. The number of anilines is 3. The zero-order valence-corrected chi connectivity index (χ0v) is 12.5. The smallest absolute Gasteiger partial charge is 0.249 e. The van der Waals surface area contributed by atoms with Gasteiger partial charge in [-0.25, -0.2) is 0 Å². The number of nitrogens with one attached hydrogen (secondary N) is 1. The van der Waals surface area contributed by atoms with Gasteiger partial charge in [-0.1, -0.05) is 19.1 Å². The molecule has 1 aliphatic rings. The number of piperidine rings is 1. The zero-order valence-electron chi connectivity index (χ0n) is 12.5. The van der Waals surface area contributed by atoms with Gasteiger partial charge in [-0.2, -0.15) is 15.3 Å². The molecule has 0 radical (unpaired) electrons. The Balaban J connectivity index is 1.78. The maximum atomic E-state index is 9.13. The minimum atomic E-state index is 0.416. The van der Waals surface area contributed by atoms with E-state index in [1.807, 2.05) is 18.2 Å². The molecule has 0 spiro atoms. The van der Waals surface area contributed by atoms with Crippen LogP contribution in [0.4, 0.5) is 17.5 Å². The Morgan fingerprint density at radius 3 is 2.82 bits per heavy atom. The Hall–Kier alpha value is -2.68. The first-order valence-corrected chi connectivity index (χ1v) is 7.47. The normalized spacial score (nSPS) is 15.4. The summed E-state index contributed by atoms with van der Waals surface area (Å²) in [6.45, 7) is 4.27. The van der Waals surface area contributed by atoms with E-state index in [1.165, 1.54) is 12.8 Å². The van der Waals surface area contributed by atoms with Gasteiger partial charge in [0.1, 0.15) is 6.07 Å². The van der Waals surface area contributed by atoms with E-state index in [0.717, 1.165) is 24.8 Å². The highest BCUT2D eigenvalue weighted by Crippen LogP contribution is 2.22. The third kappa shape index (κ3) is 3.14. The van der Waals surface area contributed by atoms with Crippen LogP contribution < -0.4 is 10.2 Å². The molecule has 1 fully saturated rings. The minimum Gasteiger partial charge on any atom is -0.355 e. The molecule has 6 heteroatoms. The van der Waals surface area contributed by atoms with E-state index in [4.69, 9.17) is 5.26 Å². The molecule has 0 unspecified atom stereocenters. The molecule has 0 atom stereocenters. The standard InChI is InChI=1S/C16H18N6/c1-12-6-8-22(9-7-12)15-11-18-21-16(20-15)19-14-5-3-2-4-13(14)10-17/h2-5,11-12H,6-9H2,1H3,(H,19,20,21). The van der Waals surface area contributed by atoms with Crippen molar-refractivity contribution in [2.45, 2.75) is 19.8 Å². The van der Waals surface area contributed by atoms with Gasteiger partial charge in [-0.15, -0.1) is 5.10 Å². The van der Waals surface area contributed by atoms with E-state index in [-0.39, 0.29) is 0 Å². The minimum absolute atomic E-state index is 0.416. The third-order valence-corrected chi connectivity index (χ3v) is 3.95. The van der Waals surface area contributed by atoms with E-state index >= 15 is 0 Å². The van der Waals surface area contributed by atoms with E-state index in [1.54, 1.807) is 12.3 Å². The first kappa shape index (κ1) is 14.3. The summed E-state index contributed by atoms with van der Waals surface area (Å²) in [5, 5.41) is 20.2. The van der Waals surface area contributed by atoms with Crippen LogP contribution in [0.3, 0.4) is 0 Å². The van der Waals surface area contributed by atoms with E-state index in [2.05, 4.69) is 38.4 Å². The number of hydrogen-bond donors (Lipinski definition) is 1. The van der Waals surface area contributed by atoms with Gasteiger partial charge in [0.25, 0.3) is 0 Å². The lowest BCUT2D eigenvalue weighted by molar-refractivity contribution is 0.436. The highest BCUT2D eigenvalue weighted by atomic mass is 15.3. The second kappa shape index (κ2) is 6.39. The van der Waals surface area contributed by atoms with Gasteiger partial charge in [0.05, 0.1) is 17.4 Å². The number of benzene rings is 1. The second-order valence-corrected chi connectivity index (χ2v) is 5.59. The van der Waals surface area contributed by atoms with Gasteiger partial charge >= 0.3 is 0 Å². The molecule has 0 saturated carbocycles. The maximum absolute atomic E-state index is 9.13. The van der Waals surface area contributed by atoms with Crippen molar-refractivity contribution in [3.8, 4) is 6.07 Å². The lowest BCUT2D eigenvalue weighted by Gasteiger charge is -2.30. The first-order chi connectivity index (χ1) is 10.8. The van der Waals surface area contributed by atoms with Crippen molar-refractivity contribution in [3.63, 3.8) is 0 Å². The van der Waals surface area contributed by atoms with Crippen LogP contribution >= 0.6 is 0 Å². The molecule has 1 N–H and O–H groups in total. The summed E-state index contributed by atoms with van der Waals surface area (Å²) in [5.41, 5.74) is 1.25. The van der Waals surface area contributed by atoms with Crippen molar-refractivity contribution in [2.24, 2.45) is 5.92 Å². The van der Waals surface area contributed by atoms with Crippen LogP contribution in [-0.2, 0) is 0 Å². The maximum Gasteiger partial charge on any atom is 0.249 e. The Morgan fingerprint density at radius 2 is 2.05 bits per heavy atom. The molecule has 1 aromatic carbocycles. The molecular weight excluding hydrogens is 276 g/mol. The van der Waals surface area contributed by atoms with Gasteiger partial charge in [0.2, 0.25) is 5.95 Å². The molecule has 112 valence electrons. The van der Waals surface area contributed by atoms with Crippen LogP contribution in [0.25, 0.3) is 0 Å². The van der Waals surface area contributed by atoms with Crippen LogP contribution in [-0.4, -0.2) is 28.3 Å². The molecule has 1 saturated heterocycles. The van der Waals surface area contributed by atoms with Crippen LogP contribution in [0.1, 0.15) is 25.3 Å². The quantitative estimate of drug-likeness (QED) is 0.937. The average Bonchev–Trinajstić information content (AvgIpc) is 2.56. The molecule has 0 bridgehead atoms. The van der Waals surface area contributed by atoms with E-state index in [9.17, 15) is 0 Å². The highest BCUT2D eigenvalue weighted by molar-refractivity contribution is 5.63. The lowest BCUT2D eigenvalue weighted by atomic mass is 9.99. The Labute approximate surface area is 129 Å². The fourth-order valence-electron chi connectivity index (χ4n) is 2.55. The summed E-state index contributed by atoms with van der Waals surface area (Å²) < 4.78 is 0. The van der Waals surface area contributed by atoms with Gasteiger partial charge in [-0.05, 0) is 30.9 Å². The number of para-hydroxylation sites is 1. The van der Waals surface area contributed by atoms with Crippen molar-refractivity contribution < 1.29 is 0 Å². The van der Waals surface area contributed by atoms with Gasteiger partial charge in [-0.3, -0.25) is 0 Å². The number of nitrogens with zero attached hydrogens (tertiary/aromatic N) is 5. The van der Waals surface area contributed by atoms with Crippen LogP contribution in [0, 0.1) is 17.2 Å². The predicted octanol–water partition coefficient (Wildman–Crippen LogP) is 2.72. The second-order valence-electron chi connectivity index (χ2n) is 5.59. The summed E-state index contributed by atoms with van der Waals surface area (Å²) in [6, 6.07) is 9.43. The van der Waals surface area contributed by atoms with Gasteiger partial charge < -0.3 is 10.2 Å². The Bertz CT molecular complexity index is 685. The molecule has 6 nitrogen and oxygen atoms in total. The Morgan fingerprint density at radius 1 is 1.27 bits per heavy atom. The molecule has 0 aliphatic carbocycles. The first-order valence-electron chi connectivity index (χ1n) is 7.47. The van der Waals surface area contributed by atoms with Crippen molar-refractivity contribution >= 4 is 17.5 Å². The molecule has 2 aromatic rings. The van der Waals surface area contributed by atoms with Crippen molar-refractivity contribution in [1.82, 2.24) is 15.2 Å². The number of nitriles is 1. The monoisotopic (exact) mass is 294 g/mol. The molecule has 22 heavy (non-hydrogen) atoms. The summed E-state index contributed by atoms with van der Waals surface area (Å²) in [6.07, 6.45) is 4.03. The molecule has 3 rings (SSSR count). The summed E-state index contributed by atoms with van der Waals surface area (Å²) >= 11 is 0. The summed E-state index contributed by atoms with van der Waals surface area (Å²) in [5.74, 6) is 2.02. The zero-order chi connectivity index (χ0) is 15.4. The van der Waals surface area contributed by atoms with Crippen molar-refractivity contribution in [1.29, 1.82) is 5.26 Å². The van der Waals surface area contributed by atoms with Gasteiger partial charge in [0, 0.05) is 13.1 Å². The topological polar surface area (TPSA) is 77.7 Å². The van der Waals surface area contributed by atoms with Crippen LogP contribution in [0.2, 0.25) is 0 Å². The summed E-state index contributed by atoms with van der Waals surface area (Å²) in [4.78, 5) is 6.76. The third-order valence-electron chi connectivity index (χ3n) is 3.95. The van der Waals surface area contributed by atoms with Crippen molar-refractivity contribution in [2.75, 3.05) is 23.3 Å². The highest BCUT2D eigenvalue weighted by Gasteiger charge is 2.17. The molecule has 0 amide bonds. The number of rotatable bonds is 3. The molecule has 2 heterocycles. The lowest BCUT2D eigenvalue weighted by Crippen LogP contribution is -2.33. The van der Waals surface area contributed by atoms with E-state index in [0.29, 0.717) is 17.2 Å². The fraction of sp³-hybridized carbons (Fsp3) is 0.375. The largest absolute Gasteiger partial charge is 0.355 e. The van der Waals surface area contributed by atoms with Crippen LogP contribution in [0.5, 0.6) is 0 Å². The van der Waals surface area contributed by atoms with Crippen molar-refractivity contribution in [3.05, 3.63) is 36.0 Å². The average molecular weight is 294 g/mol.